The number of likely N-dealkylation sites (tertiary alicyclic amines) is 1. The first kappa shape index (κ1) is 15.4. The predicted molar refractivity (Wildman–Crippen MR) is 96.0 cm³/mol. The van der Waals surface area contributed by atoms with Crippen molar-refractivity contribution in [1.82, 2.24) is 9.80 Å². The summed E-state index contributed by atoms with van der Waals surface area (Å²) in [7, 11) is 0. The van der Waals surface area contributed by atoms with E-state index in [2.05, 4.69) is 29.2 Å². The highest BCUT2D eigenvalue weighted by Gasteiger charge is 2.32. The Bertz CT molecular complexity index is 755. The second-order valence-electron chi connectivity index (χ2n) is 7.05. The second-order valence-corrected chi connectivity index (χ2v) is 7.05. The second kappa shape index (κ2) is 6.40. The van der Waals surface area contributed by atoms with Crippen LogP contribution in [0.2, 0.25) is 0 Å². The van der Waals surface area contributed by atoms with Crippen LogP contribution in [0.3, 0.4) is 0 Å². The zero-order valence-electron chi connectivity index (χ0n) is 14.2. The number of nitrogens with zero attached hydrogens (tertiary/aromatic N) is 2. The highest BCUT2D eigenvalue weighted by atomic mass is 16.2. The zero-order chi connectivity index (χ0) is 16.5. The van der Waals surface area contributed by atoms with E-state index in [0.717, 1.165) is 50.1 Å². The van der Waals surface area contributed by atoms with E-state index in [0.29, 0.717) is 6.04 Å². The van der Waals surface area contributed by atoms with Gasteiger partial charge in [0.2, 0.25) is 0 Å². The molecule has 0 bridgehead atoms. The highest BCUT2D eigenvalue weighted by molar-refractivity contribution is 5.94. The number of rotatable bonds is 2. The third kappa shape index (κ3) is 2.96. The summed E-state index contributed by atoms with van der Waals surface area (Å²) >= 11 is 0. The van der Waals surface area contributed by atoms with Gasteiger partial charge >= 0.3 is 0 Å². The van der Waals surface area contributed by atoms with Crippen molar-refractivity contribution in [2.75, 3.05) is 19.6 Å². The van der Waals surface area contributed by atoms with Crippen LogP contribution in [0.5, 0.6) is 0 Å². The Morgan fingerprint density at radius 3 is 2.71 bits per heavy atom. The minimum Gasteiger partial charge on any atom is -0.337 e. The van der Waals surface area contributed by atoms with E-state index in [-0.39, 0.29) is 5.91 Å². The van der Waals surface area contributed by atoms with Crippen molar-refractivity contribution in [3.8, 4) is 0 Å². The summed E-state index contributed by atoms with van der Waals surface area (Å²) in [6, 6.07) is 17.2. The predicted octanol–water partition coefficient (Wildman–Crippen LogP) is 3.27. The molecule has 2 aromatic rings. The summed E-state index contributed by atoms with van der Waals surface area (Å²) in [4.78, 5) is 17.3. The molecule has 124 valence electrons. The van der Waals surface area contributed by atoms with Crippen LogP contribution in [0.4, 0.5) is 0 Å². The van der Waals surface area contributed by atoms with Gasteiger partial charge in [-0.15, -0.1) is 0 Å². The van der Waals surface area contributed by atoms with Crippen LogP contribution in [0.25, 0.3) is 0 Å². The molecule has 0 saturated carbocycles. The topological polar surface area (TPSA) is 23.6 Å². The summed E-state index contributed by atoms with van der Waals surface area (Å²) in [5.74, 6) is 0.179. The molecule has 0 radical (unpaired) electrons. The van der Waals surface area contributed by atoms with Gasteiger partial charge < -0.3 is 4.90 Å². The van der Waals surface area contributed by atoms with Crippen molar-refractivity contribution in [2.24, 2.45) is 0 Å². The third-order valence-electron chi connectivity index (χ3n) is 5.39. The number of hydrogen-bond donors (Lipinski definition) is 0. The molecular weight excluding hydrogens is 296 g/mol. The molecule has 1 atom stereocenters. The average molecular weight is 320 g/mol. The lowest BCUT2D eigenvalue weighted by Gasteiger charge is -2.33. The van der Waals surface area contributed by atoms with E-state index >= 15 is 0 Å². The molecule has 2 heterocycles. The van der Waals surface area contributed by atoms with Crippen LogP contribution in [-0.2, 0) is 13.0 Å². The van der Waals surface area contributed by atoms with Crippen LogP contribution >= 0.6 is 0 Å². The van der Waals surface area contributed by atoms with Crippen molar-refractivity contribution in [3.63, 3.8) is 0 Å². The molecule has 24 heavy (non-hydrogen) atoms. The maximum Gasteiger partial charge on any atom is 0.253 e. The van der Waals surface area contributed by atoms with Crippen LogP contribution in [0, 0.1) is 6.92 Å². The van der Waals surface area contributed by atoms with E-state index in [1.807, 2.05) is 36.1 Å². The minimum absolute atomic E-state index is 0.179. The average Bonchev–Trinajstić information content (AvgIpc) is 3.11. The maximum atomic E-state index is 12.7. The Labute approximate surface area is 143 Å². The Morgan fingerprint density at radius 1 is 1.04 bits per heavy atom. The van der Waals surface area contributed by atoms with E-state index in [1.54, 1.807) is 0 Å². The van der Waals surface area contributed by atoms with Gasteiger partial charge in [0.25, 0.3) is 5.91 Å². The number of aryl methyl sites for hydroxylation is 1. The molecule has 3 nitrogen and oxygen atoms in total. The van der Waals surface area contributed by atoms with Crippen LogP contribution < -0.4 is 0 Å². The fourth-order valence-electron chi connectivity index (χ4n) is 4.01. The van der Waals surface area contributed by atoms with Gasteiger partial charge in [-0.05, 0) is 43.0 Å². The van der Waals surface area contributed by atoms with Gasteiger partial charge in [-0.3, -0.25) is 9.69 Å². The van der Waals surface area contributed by atoms with E-state index < -0.39 is 0 Å². The largest absolute Gasteiger partial charge is 0.337 e. The van der Waals surface area contributed by atoms with Crippen molar-refractivity contribution >= 4 is 5.91 Å². The van der Waals surface area contributed by atoms with Crippen molar-refractivity contribution < 1.29 is 4.79 Å². The Hall–Kier alpha value is -2.13. The molecule has 4 rings (SSSR count). The smallest absolute Gasteiger partial charge is 0.253 e. The first-order valence-corrected chi connectivity index (χ1v) is 8.87. The monoisotopic (exact) mass is 320 g/mol. The fraction of sp³-hybridized carbons (Fsp3) is 0.381. The number of carbonyl (C=O) groups is 1. The third-order valence-corrected chi connectivity index (χ3v) is 5.39. The van der Waals surface area contributed by atoms with E-state index in [4.69, 9.17) is 0 Å². The molecule has 0 aromatic heterocycles. The molecule has 0 spiro atoms. The van der Waals surface area contributed by atoms with Crippen molar-refractivity contribution in [3.05, 3.63) is 70.8 Å². The van der Waals surface area contributed by atoms with Crippen LogP contribution in [-0.4, -0.2) is 41.4 Å². The van der Waals surface area contributed by atoms with Crippen molar-refractivity contribution in [2.45, 2.75) is 32.4 Å². The number of fused-ring (bicyclic) bond motifs is 1. The first-order chi connectivity index (χ1) is 11.7. The molecule has 1 saturated heterocycles. The van der Waals surface area contributed by atoms with Crippen LogP contribution in [0.1, 0.15) is 33.5 Å². The molecule has 1 unspecified atom stereocenters. The van der Waals surface area contributed by atoms with Gasteiger partial charge in [0.15, 0.2) is 0 Å². The number of hydrogen-bond acceptors (Lipinski definition) is 2. The molecule has 2 aromatic carbocycles. The lowest BCUT2D eigenvalue weighted by atomic mass is 9.98. The zero-order valence-corrected chi connectivity index (χ0v) is 14.2. The van der Waals surface area contributed by atoms with Crippen LogP contribution in [0.15, 0.2) is 48.5 Å². The molecule has 2 aliphatic rings. The Morgan fingerprint density at radius 2 is 1.88 bits per heavy atom. The molecule has 0 aliphatic carbocycles. The summed E-state index contributed by atoms with van der Waals surface area (Å²) in [6.07, 6.45) is 2.21. The van der Waals surface area contributed by atoms with Gasteiger partial charge in [-0.1, -0.05) is 42.0 Å². The summed E-state index contributed by atoms with van der Waals surface area (Å²) in [6.45, 7) is 5.89. The Balaban J connectivity index is 1.43. The van der Waals surface area contributed by atoms with E-state index in [1.165, 1.54) is 11.1 Å². The fourth-order valence-corrected chi connectivity index (χ4v) is 4.01. The molecule has 2 aliphatic heterocycles. The standard InChI is InChI=1S/C21H24N2O/c1-16-5-4-8-18(13-16)21(24)23-12-10-20(15-23)22-11-9-17-6-2-3-7-19(17)14-22/h2-8,13,20H,9-12,14-15H2,1H3. The van der Waals surface area contributed by atoms with Gasteiger partial charge in [0.1, 0.15) is 0 Å². The molecule has 3 heteroatoms. The lowest BCUT2D eigenvalue weighted by Crippen LogP contribution is -2.41. The van der Waals surface area contributed by atoms with Crippen molar-refractivity contribution in [1.29, 1.82) is 0 Å². The molecule has 1 amide bonds. The van der Waals surface area contributed by atoms with E-state index in [9.17, 15) is 4.79 Å². The van der Waals surface area contributed by atoms with Gasteiger partial charge in [0, 0.05) is 37.8 Å². The Kier molecular flexibility index (Phi) is 4.11. The summed E-state index contributed by atoms with van der Waals surface area (Å²) < 4.78 is 0. The lowest BCUT2D eigenvalue weighted by molar-refractivity contribution is 0.0773. The molecular formula is C21H24N2O. The van der Waals surface area contributed by atoms with Gasteiger partial charge in [-0.2, -0.15) is 0 Å². The number of carbonyl (C=O) groups excluding carboxylic acids is 1. The van der Waals surface area contributed by atoms with Gasteiger partial charge in [0.05, 0.1) is 0 Å². The number of amides is 1. The highest BCUT2D eigenvalue weighted by Crippen LogP contribution is 2.25. The summed E-state index contributed by atoms with van der Waals surface area (Å²) in [5.41, 5.74) is 4.90. The van der Waals surface area contributed by atoms with Gasteiger partial charge in [-0.25, -0.2) is 0 Å². The quantitative estimate of drug-likeness (QED) is 0.848. The molecule has 0 N–H and O–H groups in total. The SMILES string of the molecule is Cc1cccc(C(=O)N2CCC(N3CCc4ccccc4C3)C2)c1. The maximum absolute atomic E-state index is 12.7. The summed E-state index contributed by atoms with van der Waals surface area (Å²) in [5, 5.41) is 0. The normalized spacial score (nSPS) is 20.9. The number of benzene rings is 2. The minimum atomic E-state index is 0.179. The first-order valence-electron chi connectivity index (χ1n) is 8.87. The molecule has 1 fully saturated rings.